The highest BCUT2D eigenvalue weighted by molar-refractivity contribution is 7.10. The summed E-state index contributed by atoms with van der Waals surface area (Å²) in [6.45, 7) is 8.58. The van der Waals surface area contributed by atoms with Gasteiger partial charge in [0.25, 0.3) is 0 Å². The van der Waals surface area contributed by atoms with Crippen LogP contribution in [0, 0.1) is 17.8 Å². The van der Waals surface area contributed by atoms with Crippen molar-refractivity contribution in [3.8, 4) is 11.8 Å². The van der Waals surface area contributed by atoms with Crippen molar-refractivity contribution in [2.45, 2.75) is 40.5 Å². The third-order valence-electron chi connectivity index (χ3n) is 1.14. The molecular weight excluding hydrogens is 190 g/mol. The number of hydrogen-bond acceptors (Lipinski definition) is 2. The van der Waals surface area contributed by atoms with E-state index in [1.165, 1.54) is 6.42 Å². The molecule has 1 aromatic rings. The molecule has 0 amide bonds. The van der Waals surface area contributed by atoms with E-state index in [1.54, 1.807) is 17.5 Å². The van der Waals surface area contributed by atoms with E-state index in [-0.39, 0.29) is 0 Å². The first kappa shape index (κ1) is 13.2. The topological polar surface area (TPSA) is 12.9 Å². The molecule has 0 saturated heterocycles. The van der Waals surface area contributed by atoms with Crippen molar-refractivity contribution in [2.75, 3.05) is 0 Å². The summed E-state index contributed by atoms with van der Waals surface area (Å²) in [5.41, 5.74) is 0. The Morgan fingerprint density at radius 2 is 2.07 bits per heavy atom. The maximum absolute atomic E-state index is 4.06. The van der Waals surface area contributed by atoms with E-state index in [0.29, 0.717) is 5.92 Å². The second-order valence-electron chi connectivity index (χ2n) is 3.44. The van der Waals surface area contributed by atoms with E-state index < -0.39 is 0 Å². The van der Waals surface area contributed by atoms with E-state index in [0.717, 1.165) is 11.4 Å². The lowest BCUT2D eigenvalue weighted by molar-refractivity contribution is 0.676. The lowest BCUT2D eigenvalue weighted by Crippen LogP contribution is -1.81. The minimum Gasteiger partial charge on any atom is -0.236 e. The highest BCUT2D eigenvalue weighted by Gasteiger charge is 1.88. The van der Waals surface area contributed by atoms with Crippen LogP contribution in [0.15, 0.2) is 11.6 Å². The number of hydrogen-bond donors (Lipinski definition) is 0. The third-order valence-corrected chi connectivity index (χ3v) is 1.83. The minimum absolute atomic E-state index is 0.655. The molecule has 0 atom stereocenters. The Hall–Kier alpha value is -0.810. The van der Waals surface area contributed by atoms with Crippen molar-refractivity contribution >= 4 is 11.3 Å². The Morgan fingerprint density at radius 1 is 1.43 bits per heavy atom. The monoisotopic (exact) mass is 209 g/mol. The van der Waals surface area contributed by atoms with Gasteiger partial charge in [-0.25, -0.2) is 4.98 Å². The average molecular weight is 209 g/mol. The minimum atomic E-state index is 0.655. The van der Waals surface area contributed by atoms with Gasteiger partial charge in [-0.05, 0) is 11.8 Å². The molecule has 0 aliphatic rings. The summed E-state index contributed by atoms with van der Waals surface area (Å²) in [7, 11) is 0. The largest absolute Gasteiger partial charge is 0.236 e. The molecule has 0 aliphatic heterocycles. The zero-order valence-electron chi connectivity index (χ0n) is 9.50. The lowest BCUT2D eigenvalue weighted by Gasteiger charge is -1.91. The fourth-order valence-corrected chi connectivity index (χ4v) is 1.12. The number of aromatic nitrogens is 1. The summed E-state index contributed by atoms with van der Waals surface area (Å²) in [4.78, 5) is 4.06. The van der Waals surface area contributed by atoms with Crippen LogP contribution in [0.3, 0.4) is 0 Å². The van der Waals surface area contributed by atoms with Crippen molar-refractivity contribution in [2.24, 2.45) is 5.92 Å². The smallest absolute Gasteiger partial charge is 0.166 e. The summed E-state index contributed by atoms with van der Waals surface area (Å²) in [6, 6.07) is 0. The second-order valence-corrected chi connectivity index (χ2v) is 4.34. The van der Waals surface area contributed by atoms with Crippen LogP contribution in [0.5, 0.6) is 0 Å². The van der Waals surface area contributed by atoms with Gasteiger partial charge in [-0.2, -0.15) is 0 Å². The highest BCUT2D eigenvalue weighted by Crippen LogP contribution is 2.02. The molecule has 0 fully saturated rings. The van der Waals surface area contributed by atoms with Gasteiger partial charge in [-0.1, -0.05) is 40.0 Å². The van der Waals surface area contributed by atoms with Gasteiger partial charge >= 0.3 is 0 Å². The third kappa shape index (κ3) is 7.82. The van der Waals surface area contributed by atoms with E-state index in [9.17, 15) is 0 Å². The Labute approximate surface area is 91.6 Å². The van der Waals surface area contributed by atoms with Crippen molar-refractivity contribution in [1.82, 2.24) is 4.98 Å². The molecule has 0 unspecified atom stereocenters. The van der Waals surface area contributed by atoms with Crippen molar-refractivity contribution < 1.29 is 0 Å². The zero-order chi connectivity index (χ0) is 10.8. The van der Waals surface area contributed by atoms with Crippen LogP contribution in [-0.2, 0) is 0 Å². The van der Waals surface area contributed by atoms with Gasteiger partial charge in [-0.3, -0.25) is 0 Å². The molecule has 0 saturated carbocycles. The van der Waals surface area contributed by atoms with Gasteiger partial charge in [-0.15, -0.1) is 11.3 Å². The van der Waals surface area contributed by atoms with Crippen LogP contribution < -0.4 is 0 Å². The molecule has 0 N–H and O–H groups in total. The maximum Gasteiger partial charge on any atom is 0.166 e. The van der Waals surface area contributed by atoms with Gasteiger partial charge in [0, 0.05) is 18.0 Å². The Bertz CT molecular complexity index is 264. The summed E-state index contributed by atoms with van der Waals surface area (Å²) < 4.78 is 0. The fraction of sp³-hybridized carbons (Fsp3) is 0.583. The molecule has 78 valence electrons. The first-order valence-electron chi connectivity index (χ1n) is 5.09. The molecule has 2 heteroatoms. The SMILES string of the molecule is CC(C)CC#Cc1nccs1.CCC. The molecule has 1 aromatic heterocycles. The maximum atomic E-state index is 4.06. The van der Waals surface area contributed by atoms with Crippen molar-refractivity contribution in [3.63, 3.8) is 0 Å². The standard InChI is InChI=1S/C9H11NS.C3H8/c1-8(2)4-3-5-9-10-6-7-11-9;1-3-2/h6-8H,4H2,1-2H3;3H2,1-2H3. The molecule has 1 nitrogen and oxygen atoms in total. The van der Waals surface area contributed by atoms with E-state index in [1.807, 2.05) is 5.38 Å². The molecule has 0 aliphatic carbocycles. The molecule has 14 heavy (non-hydrogen) atoms. The van der Waals surface area contributed by atoms with Crippen LogP contribution in [0.2, 0.25) is 0 Å². The van der Waals surface area contributed by atoms with Gasteiger partial charge in [0.05, 0.1) is 0 Å². The van der Waals surface area contributed by atoms with Gasteiger partial charge in [0.2, 0.25) is 0 Å². The molecular formula is C12H19NS. The molecule has 0 spiro atoms. The van der Waals surface area contributed by atoms with Gasteiger partial charge in [0.1, 0.15) is 0 Å². The molecule has 0 aromatic carbocycles. The van der Waals surface area contributed by atoms with E-state index in [4.69, 9.17) is 0 Å². The van der Waals surface area contributed by atoms with Crippen molar-refractivity contribution in [3.05, 3.63) is 16.6 Å². The Morgan fingerprint density at radius 3 is 2.50 bits per heavy atom. The summed E-state index contributed by atoms with van der Waals surface area (Å²) >= 11 is 1.59. The molecule has 1 heterocycles. The number of rotatable bonds is 1. The molecule has 1 rings (SSSR count). The normalized spacial score (nSPS) is 8.64. The Kier molecular flexibility index (Phi) is 8.27. The Balaban J connectivity index is 0.000000500. The zero-order valence-corrected chi connectivity index (χ0v) is 10.3. The van der Waals surface area contributed by atoms with Crippen LogP contribution in [0.1, 0.15) is 45.5 Å². The lowest BCUT2D eigenvalue weighted by atomic mass is 10.1. The first-order chi connectivity index (χ1) is 6.70. The van der Waals surface area contributed by atoms with Crippen LogP contribution in [0.4, 0.5) is 0 Å². The predicted molar refractivity (Wildman–Crippen MR) is 64.4 cm³/mol. The molecule has 0 bridgehead atoms. The molecule has 0 radical (unpaired) electrons. The van der Waals surface area contributed by atoms with Crippen molar-refractivity contribution in [1.29, 1.82) is 0 Å². The average Bonchev–Trinajstić information content (AvgIpc) is 2.57. The van der Waals surface area contributed by atoms with E-state index in [2.05, 4.69) is 44.5 Å². The predicted octanol–water partition coefficient (Wildman–Crippen LogP) is 3.96. The summed E-state index contributed by atoms with van der Waals surface area (Å²) in [5, 5.41) is 2.87. The number of thiazole rings is 1. The highest BCUT2D eigenvalue weighted by atomic mass is 32.1. The van der Waals surface area contributed by atoms with Gasteiger partial charge < -0.3 is 0 Å². The summed E-state index contributed by atoms with van der Waals surface area (Å²) in [6.07, 6.45) is 3.99. The van der Waals surface area contributed by atoms with Crippen LogP contribution in [0.25, 0.3) is 0 Å². The summed E-state index contributed by atoms with van der Waals surface area (Å²) in [5.74, 6) is 6.75. The first-order valence-corrected chi connectivity index (χ1v) is 5.97. The number of nitrogens with zero attached hydrogens (tertiary/aromatic N) is 1. The van der Waals surface area contributed by atoms with Gasteiger partial charge in [0.15, 0.2) is 5.01 Å². The quantitative estimate of drug-likeness (QED) is 0.638. The van der Waals surface area contributed by atoms with Crippen LogP contribution >= 0.6 is 11.3 Å². The van der Waals surface area contributed by atoms with E-state index >= 15 is 0 Å². The van der Waals surface area contributed by atoms with Crippen LogP contribution in [-0.4, -0.2) is 4.98 Å². The fourth-order valence-electron chi connectivity index (χ4n) is 0.616. The second kappa shape index (κ2) is 8.77.